The minimum absolute atomic E-state index is 0.0823. The molecule has 10 heteroatoms. The number of carbonyl (C=O) groups excluding carboxylic acids is 1. The lowest BCUT2D eigenvalue weighted by Gasteiger charge is -2.11. The molecule has 0 atom stereocenters. The van der Waals surface area contributed by atoms with E-state index in [0.717, 1.165) is 0 Å². The summed E-state index contributed by atoms with van der Waals surface area (Å²) in [6.07, 6.45) is 1.37. The molecule has 146 valence electrons. The summed E-state index contributed by atoms with van der Waals surface area (Å²) in [7, 11) is -3.85. The third-order valence-electron chi connectivity index (χ3n) is 3.98. The molecule has 4 N–H and O–H groups in total. The van der Waals surface area contributed by atoms with Crippen molar-refractivity contribution in [3.05, 3.63) is 53.4 Å². The molecule has 0 fully saturated rings. The van der Waals surface area contributed by atoms with Crippen LogP contribution in [0.15, 0.2) is 47.5 Å². The van der Waals surface area contributed by atoms with Gasteiger partial charge in [-0.1, -0.05) is 23.7 Å². The van der Waals surface area contributed by atoms with Gasteiger partial charge >= 0.3 is 6.03 Å². The summed E-state index contributed by atoms with van der Waals surface area (Å²) in [5.41, 5.74) is 0.595. The molecular weight excluding hydrogens is 407 g/mol. The normalized spacial score (nSPS) is 11.4. The number of halogens is 2. The number of primary sulfonamides is 1. The van der Waals surface area contributed by atoms with Gasteiger partial charge < -0.3 is 5.32 Å². The number of rotatable bonds is 4. The molecule has 0 aliphatic rings. The maximum atomic E-state index is 15.2. The van der Waals surface area contributed by atoms with Crippen molar-refractivity contribution in [3.8, 4) is 11.1 Å². The van der Waals surface area contributed by atoms with Crippen molar-refractivity contribution in [2.75, 3.05) is 11.9 Å². The van der Waals surface area contributed by atoms with Crippen molar-refractivity contribution in [3.63, 3.8) is 0 Å². The first-order chi connectivity index (χ1) is 13.2. The molecule has 0 radical (unpaired) electrons. The molecular formula is C18H16ClFN4O3S. The van der Waals surface area contributed by atoms with Gasteiger partial charge in [-0.05, 0) is 36.8 Å². The Balaban J connectivity index is 2.08. The minimum atomic E-state index is -3.85. The number of amides is 2. The lowest BCUT2D eigenvalue weighted by atomic mass is 10.0. The van der Waals surface area contributed by atoms with E-state index >= 15 is 4.39 Å². The van der Waals surface area contributed by atoms with Crippen molar-refractivity contribution >= 4 is 44.2 Å². The number of sulfonamides is 1. The van der Waals surface area contributed by atoms with E-state index in [1.54, 1.807) is 6.92 Å². The molecule has 28 heavy (non-hydrogen) atoms. The van der Waals surface area contributed by atoms with Gasteiger partial charge in [0.05, 0.1) is 9.92 Å². The van der Waals surface area contributed by atoms with Gasteiger partial charge in [-0.15, -0.1) is 0 Å². The van der Waals surface area contributed by atoms with E-state index in [0.29, 0.717) is 17.5 Å². The number of carbonyl (C=O) groups is 1. The Morgan fingerprint density at radius 3 is 2.50 bits per heavy atom. The van der Waals surface area contributed by atoms with Crippen molar-refractivity contribution in [1.29, 1.82) is 0 Å². The summed E-state index contributed by atoms with van der Waals surface area (Å²) in [6, 6.07) is 7.81. The molecule has 0 saturated carbocycles. The van der Waals surface area contributed by atoms with E-state index in [-0.39, 0.29) is 26.7 Å². The fraction of sp³-hybridized carbons (Fsp3) is 0.111. The molecule has 0 unspecified atom stereocenters. The fourth-order valence-corrected chi connectivity index (χ4v) is 3.44. The number of benzene rings is 2. The largest absolute Gasteiger partial charge is 0.338 e. The number of anilines is 1. The van der Waals surface area contributed by atoms with Crippen molar-refractivity contribution < 1.29 is 17.6 Å². The summed E-state index contributed by atoms with van der Waals surface area (Å²) in [6.45, 7) is 2.19. The second-order valence-corrected chi connectivity index (χ2v) is 7.86. The molecule has 1 heterocycles. The van der Waals surface area contributed by atoms with E-state index in [1.807, 2.05) is 0 Å². The molecule has 2 amide bonds. The average Bonchev–Trinajstić information content (AvgIpc) is 2.64. The first-order valence-corrected chi connectivity index (χ1v) is 10.1. The number of nitrogens with two attached hydrogens (primary N) is 1. The molecule has 3 rings (SSSR count). The summed E-state index contributed by atoms with van der Waals surface area (Å²) in [4.78, 5) is 15.6. The highest BCUT2D eigenvalue weighted by Crippen LogP contribution is 2.35. The SMILES string of the molecule is CCNC(=O)Nc1cc2c(F)c(-c3ccc(S(N)(=O)=O)cc3)cc(Cl)c2cn1. The quantitative estimate of drug-likeness (QED) is 0.597. The standard InChI is InChI=1S/C18H16ClFN4O3S/c1-2-22-18(25)24-16-8-13-14(9-23-16)15(19)7-12(17(13)20)10-3-5-11(6-4-10)28(21,26)27/h3-9H,2H2,1H3,(H2,21,26,27)(H2,22,23,24,25). The zero-order chi connectivity index (χ0) is 20.5. The van der Waals surface area contributed by atoms with Crippen molar-refractivity contribution in [2.45, 2.75) is 11.8 Å². The van der Waals surface area contributed by atoms with E-state index in [4.69, 9.17) is 16.7 Å². The Kier molecular flexibility index (Phi) is 5.50. The Labute approximate surface area is 165 Å². The predicted molar refractivity (Wildman–Crippen MR) is 106 cm³/mol. The van der Waals surface area contributed by atoms with Gasteiger partial charge in [0.2, 0.25) is 10.0 Å². The smallest absolute Gasteiger partial charge is 0.320 e. The maximum absolute atomic E-state index is 15.2. The fourth-order valence-electron chi connectivity index (χ4n) is 2.66. The topological polar surface area (TPSA) is 114 Å². The maximum Gasteiger partial charge on any atom is 0.320 e. The molecule has 2 aromatic carbocycles. The Bertz CT molecular complexity index is 1170. The highest BCUT2D eigenvalue weighted by molar-refractivity contribution is 7.89. The average molecular weight is 423 g/mol. The van der Waals surface area contributed by atoms with Crippen LogP contribution in [0.3, 0.4) is 0 Å². The Hall–Kier alpha value is -2.75. The van der Waals surface area contributed by atoms with Gasteiger partial charge in [0.1, 0.15) is 11.6 Å². The Morgan fingerprint density at radius 1 is 1.21 bits per heavy atom. The molecule has 0 saturated heterocycles. The van der Waals surface area contributed by atoms with Crippen LogP contribution in [0, 0.1) is 5.82 Å². The summed E-state index contributed by atoms with van der Waals surface area (Å²) < 4.78 is 37.9. The Morgan fingerprint density at radius 2 is 1.89 bits per heavy atom. The van der Waals surface area contributed by atoms with Gasteiger partial charge in [0, 0.05) is 29.1 Å². The molecule has 0 aliphatic heterocycles. The van der Waals surface area contributed by atoms with Gasteiger partial charge in [0.15, 0.2) is 0 Å². The summed E-state index contributed by atoms with van der Waals surface area (Å²) >= 11 is 6.27. The number of hydrogen-bond acceptors (Lipinski definition) is 4. The zero-order valence-corrected chi connectivity index (χ0v) is 16.2. The molecule has 0 spiro atoms. The highest BCUT2D eigenvalue weighted by Gasteiger charge is 2.16. The monoisotopic (exact) mass is 422 g/mol. The number of fused-ring (bicyclic) bond motifs is 1. The molecule has 7 nitrogen and oxygen atoms in total. The van der Waals surface area contributed by atoms with Crippen LogP contribution in [-0.2, 0) is 10.0 Å². The number of hydrogen-bond donors (Lipinski definition) is 3. The first kappa shape index (κ1) is 20.0. The second-order valence-electron chi connectivity index (χ2n) is 5.89. The minimum Gasteiger partial charge on any atom is -0.338 e. The molecule has 3 aromatic rings. The predicted octanol–water partition coefficient (Wildman–Crippen LogP) is 3.48. The summed E-state index contributed by atoms with van der Waals surface area (Å²) in [5, 5.41) is 11.0. The van der Waals surface area contributed by atoms with Crippen LogP contribution in [0.2, 0.25) is 5.02 Å². The van der Waals surface area contributed by atoms with E-state index in [2.05, 4.69) is 15.6 Å². The lowest BCUT2D eigenvalue weighted by molar-refractivity contribution is 0.252. The van der Waals surface area contributed by atoms with E-state index in [9.17, 15) is 13.2 Å². The molecule has 0 bridgehead atoms. The van der Waals surface area contributed by atoms with E-state index < -0.39 is 21.9 Å². The van der Waals surface area contributed by atoms with Crippen LogP contribution in [0.25, 0.3) is 21.9 Å². The van der Waals surface area contributed by atoms with Crippen LogP contribution in [-0.4, -0.2) is 26.0 Å². The van der Waals surface area contributed by atoms with Crippen LogP contribution in [0.4, 0.5) is 15.0 Å². The lowest BCUT2D eigenvalue weighted by Crippen LogP contribution is -2.28. The van der Waals surface area contributed by atoms with Gasteiger partial charge in [-0.25, -0.2) is 27.7 Å². The summed E-state index contributed by atoms with van der Waals surface area (Å²) in [5.74, 6) is -0.417. The van der Waals surface area contributed by atoms with Gasteiger partial charge in [0.25, 0.3) is 0 Å². The zero-order valence-electron chi connectivity index (χ0n) is 14.7. The number of nitrogens with one attached hydrogen (secondary N) is 2. The van der Waals surface area contributed by atoms with E-state index in [1.165, 1.54) is 42.6 Å². The first-order valence-electron chi connectivity index (χ1n) is 8.16. The van der Waals surface area contributed by atoms with Gasteiger partial charge in [-0.2, -0.15) is 0 Å². The van der Waals surface area contributed by atoms with Crippen LogP contribution in [0.5, 0.6) is 0 Å². The number of aromatic nitrogens is 1. The number of pyridine rings is 1. The third-order valence-corrected chi connectivity index (χ3v) is 5.22. The van der Waals surface area contributed by atoms with Crippen LogP contribution in [0.1, 0.15) is 6.92 Å². The number of urea groups is 1. The second kappa shape index (κ2) is 7.70. The van der Waals surface area contributed by atoms with Gasteiger partial charge in [-0.3, -0.25) is 5.32 Å². The molecule has 0 aliphatic carbocycles. The highest BCUT2D eigenvalue weighted by atomic mass is 35.5. The van der Waals surface area contributed by atoms with Crippen molar-refractivity contribution in [2.24, 2.45) is 5.14 Å². The number of nitrogens with zero attached hydrogens (tertiary/aromatic N) is 1. The van der Waals surface area contributed by atoms with Crippen LogP contribution < -0.4 is 15.8 Å². The third kappa shape index (κ3) is 4.06. The molecule has 1 aromatic heterocycles. The van der Waals surface area contributed by atoms with Crippen LogP contribution >= 0.6 is 11.6 Å². The van der Waals surface area contributed by atoms with Crippen molar-refractivity contribution in [1.82, 2.24) is 10.3 Å².